The van der Waals surface area contributed by atoms with E-state index in [1.54, 1.807) is 13.2 Å². The van der Waals surface area contributed by atoms with Gasteiger partial charge in [0.1, 0.15) is 5.75 Å². The van der Waals surface area contributed by atoms with Crippen LogP contribution in [0, 0.1) is 5.21 Å². The maximum Gasteiger partial charge on any atom is 0.223 e. The summed E-state index contributed by atoms with van der Waals surface area (Å²) in [6.07, 6.45) is 0. The molecule has 1 aromatic rings. The van der Waals surface area contributed by atoms with E-state index in [0.717, 1.165) is 16.0 Å². The second-order valence-electron chi connectivity index (χ2n) is 4.62. The molecule has 0 unspecified atom stereocenters. The van der Waals surface area contributed by atoms with Gasteiger partial charge in [0.2, 0.25) is 5.69 Å². The number of hydrogen-bond acceptors (Lipinski definition) is 3. The van der Waals surface area contributed by atoms with Crippen molar-refractivity contribution in [2.24, 2.45) is 0 Å². The highest BCUT2D eigenvalue weighted by atomic mass is 16.5. The number of fused-ring (bicyclic) bond motifs is 1. The Morgan fingerprint density at radius 1 is 1.38 bits per heavy atom. The van der Waals surface area contributed by atoms with Crippen molar-refractivity contribution < 1.29 is 9.48 Å². The van der Waals surface area contributed by atoms with Crippen molar-refractivity contribution in [3.8, 4) is 5.75 Å². The minimum Gasteiger partial charge on any atom is -0.618 e. The summed E-state index contributed by atoms with van der Waals surface area (Å²) in [7, 11) is 1.57. The van der Waals surface area contributed by atoms with E-state index >= 15 is 0 Å². The van der Waals surface area contributed by atoms with Crippen LogP contribution in [0.25, 0.3) is 0 Å². The lowest BCUT2D eigenvalue weighted by molar-refractivity contribution is -0.358. The molecule has 0 fully saturated rings. The molecule has 0 amide bonds. The minimum atomic E-state index is -0.266. The molecule has 0 saturated carbocycles. The summed E-state index contributed by atoms with van der Waals surface area (Å²) in [5.74, 6) is 0.620. The van der Waals surface area contributed by atoms with Crippen LogP contribution < -0.4 is 10.5 Å². The number of ether oxygens (including phenoxy) is 1. The van der Waals surface area contributed by atoms with Crippen molar-refractivity contribution >= 4 is 17.1 Å². The van der Waals surface area contributed by atoms with Crippen LogP contribution in [-0.2, 0) is 5.41 Å². The first-order valence-corrected chi connectivity index (χ1v) is 5.19. The van der Waals surface area contributed by atoms with E-state index in [0.29, 0.717) is 17.1 Å². The lowest BCUT2D eigenvalue weighted by Crippen LogP contribution is -2.25. The number of benzene rings is 1. The van der Waals surface area contributed by atoms with Crippen molar-refractivity contribution in [1.82, 2.24) is 0 Å². The molecule has 0 atom stereocenters. The van der Waals surface area contributed by atoms with Crippen molar-refractivity contribution in [3.05, 3.63) is 22.9 Å². The molecule has 4 heteroatoms. The quantitative estimate of drug-likeness (QED) is 0.448. The third-order valence-corrected chi connectivity index (χ3v) is 3.45. The zero-order valence-corrected chi connectivity index (χ0v) is 10.00. The second kappa shape index (κ2) is 3.14. The van der Waals surface area contributed by atoms with E-state index in [2.05, 4.69) is 0 Å². The predicted molar refractivity (Wildman–Crippen MR) is 64.4 cm³/mol. The summed E-state index contributed by atoms with van der Waals surface area (Å²) in [6, 6.07) is 3.53. The van der Waals surface area contributed by atoms with Crippen LogP contribution in [0.3, 0.4) is 0 Å². The molecular formula is C12H16N2O2. The molecule has 16 heavy (non-hydrogen) atoms. The van der Waals surface area contributed by atoms with Gasteiger partial charge in [0, 0.05) is 18.6 Å². The van der Waals surface area contributed by atoms with E-state index in [-0.39, 0.29) is 5.41 Å². The maximum atomic E-state index is 11.9. The molecule has 1 aliphatic rings. The molecule has 1 heterocycles. The molecule has 1 aliphatic heterocycles. The smallest absolute Gasteiger partial charge is 0.223 e. The first kappa shape index (κ1) is 10.8. The third-order valence-electron chi connectivity index (χ3n) is 3.45. The van der Waals surface area contributed by atoms with Gasteiger partial charge in [-0.25, -0.2) is 0 Å². The first-order chi connectivity index (χ1) is 7.39. The van der Waals surface area contributed by atoms with Gasteiger partial charge in [-0.3, -0.25) is 0 Å². The third kappa shape index (κ3) is 1.19. The van der Waals surface area contributed by atoms with Crippen LogP contribution in [0.2, 0.25) is 0 Å². The zero-order valence-electron chi connectivity index (χ0n) is 10.00. The van der Waals surface area contributed by atoms with Gasteiger partial charge in [-0.15, -0.1) is 0 Å². The van der Waals surface area contributed by atoms with Crippen LogP contribution in [0.1, 0.15) is 26.3 Å². The average molecular weight is 220 g/mol. The van der Waals surface area contributed by atoms with Crippen molar-refractivity contribution in [1.29, 1.82) is 0 Å². The molecule has 0 spiro atoms. The van der Waals surface area contributed by atoms with E-state index in [1.807, 2.05) is 26.8 Å². The molecule has 4 nitrogen and oxygen atoms in total. The number of anilines is 1. The molecule has 0 saturated heterocycles. The largest absolute Gasteiger partial charge is 0.618 e. The number of rotatable bonds is 1. The molecule has 2 rings (SSSR count). The van der Waals surface area contributed by atoms with Gasteiger partial charge in [-0.2, -0.15) is 4.74 Å². The molecular weight excluding hydrogens is 204 g/mol. The van der Waals surface area contributed by atoms with Crippen LogP contribution in [-0.4, -0.2) is 17.6 Å². The van der Waals surface area contributed by atoms with Crippen molar-refractivity contribution in [2.45, 2.75) is 26.2 Å². The van der Waals surface area contributed by atoms with Crippen LogP contribution in [0.4, 0.5) is 11.4 Å². The molecule has 1 aromatic carbocycles. The SMILES string of the molecule is COc1cc2c(cc1N)[N+]([O-])=C(C)C2(C)C. The number of methoxy groups -OCH3 is 1. The van der Waals surface area contributed by atoms with Gasteiger partial charge in [0.05, 0.1) is 18.2 Å². The maximum absolute atomic E-state index is 11.9. The highest BCUT2D eigenvalue weighted by molar-refractivity contribution is 5.94. The Morgan fingerprint density at radius 2 is 2.00 bits per heavy atom. The standard InChI is InChI=1S/C12H16N2O2/c1-7-12(2,3)8-5-11(16-4)9(13)6-10(8)14(7)15/h5-6H,13H2,1-4H3. The van der Waals surface area contributed by atoms with E-state index in [1.165, 1.54) is 0 Å². The van der Waals surface area contributed by atoms with Gasteiger partial charge in [0.15, 0.2) is 5.71 Å². The topological polar surface area (TPSA) is 61.3 Å². The van der Waals surface area contributed by atoms with Gasteiger partial charge in [-0.1, -0.05) is 0 Å². The van der Waals surface area contributed by atoms with Crippen LogP contribution >= 0.6 is 0 Å². The number of nitrogens with two attached hydrogens (primary N) is 1. The van der Waals surface area contributed by atoms with Crippen molar-refractivity contribution in [3.63, 3.8) is 0 Å². The summed E-state index contributed by atoms with van der Waals surface area (Å²) in [4.78, 5) is 0. The highest BCUT2D eigenvalue weighted by Crippen LogP contribution is 2.43. The average Bonchev–Trinajstić information content (AvgIpc) is 2.40. The predicted octanol–water partition coefficient (Wildman–Crippen LogP) is 2.17. The highest BCUT2D eigenvalue weighted by Gasteiger charge is 2.41. The number of hydrogen-bond donors (Lipinski definition) is 1. The summed E-state index contributed by atoms with van der Waals surface area (Å²) >= 11 is 0. The minimum absolute atomic E-state index is 0.266. The summed E-state index contributed by atoms with van der Waals surface area (Å²) in [6.45, 7) is 5.89. The summed E-state index contributed by atoms with van der Waals surface area (Å²) < 4.78 is 6.13. The van der Waals surface area contributed by atoms with Gasteiger partial charge >= 0.3 is 0 Å². The van der Waals surface area contributed by atoms with E-state index < -0.39 is 0 Å². The fourth-order valence-electron chi connectivity index (χ4n) is 2.06. The van der Waals surface area contributed by atoms with Gasteiger partial charge in [0.25, 0.3) is 0 Å². The Kier molecular flexibility index (Phi) is 2.12. The Balaban J connectivity index is 2.72. The lowest BCUT2D eigenvalue weighted by Gasteiger charge is -2.15. The van der Waals surface area contributed by atoms with Crippen LogP contribution in [0.15, 0.2) is 12.1 Å². The molecule has 86 valence electrons. The summed E-state index contributed by atoms with van der Waals surface area (Å²) in [5.41, 5.74) is 8.39. The van der Waals surface area contributed by atoms with E-state index in [4.69, 9.17) is 10.5 Å². The van der Waals surface area contributed by atoms with Gasteiger partial charge in [-0.05, 0) is 19.9 Å². The normalized spacial score (nSPS) is 17.5. The zero-order chi connectivity index (χ0) is 12.1. The number of nitrogens with zero attached hydrogens (tertiary/aromatic N) is 1. The Labute approximate surface area is 94.9 Å². The van der Waals surface area contributed by atoms with Gasteiger partial charge < -0.3 is 15.7 Å². The Morgan fingerprint density at radius 3 is 2.56 bits per heavy atom. The second-order valence-corrected chi connectivity index (χ2v) is 4.62. The lowest BCUT2D eigenvalue weighted by atomic mass is 9.82. The fraction of sp³-hybridized carbons (Fsp3) is 0.417. The fourth-order valence-corrected chi connectivity index (χ4v) is 2.06. The number of nitrogen functional groups attached to an aromatic ring is 1. The van der Waals surface area contributed by atoms with Crippen LogP contribution in [0.5, 0.6) is 5.75 Å². The Hall–Kier alpha value is -1.71. The molecule has 0 radical (unpaired) electrons. The molecule has 0 bridgehead atoms. The molecule has 2 N–H and O–H groups in total. The first-order valence-electron chi connectivity index (χ1n) is 5.19. The Bertz CT molecular complexity index is 490. The van der Waals surface area contributed by atoms with Crippen molar-refractivity contribution in [2.75, 3.05) is 12.8 Å². The summed E-state index contributed by atoms with van der Waals surface area (Å²) in [5, 5.41) is 11.9. The monoisotopic (exact) mass is 220 g/mol. The molecule has 0 aliphatic carbocycles. The van der Waals surface area contributed by atoms with E-state index in [9.17, 15) is 5.21 Å². The molecule has 0 aromatic heterocycles.